The molecule has 8 heteroatoms. The first-order chi connectivity index (χ1) is 12.5. The van der Waals surface area contributed by atoms with E-state index >= 15 is 0 Å². The molecule has 0 saturated carbocycles. The van der Waals surface area contributed by atoms with Gasteiger partial charge in [0.05, 0.1) is 19.6 Å². The van der Waals surface area contributed by atoms with Crippen LogP contribution in [0.5, 0.6) is 5.75 Å². The van der Waals surface area contributed by atoms with Crippen molar-refractivity contribution in [1.82, 2.24) is 0 Å². The minimum absolute atomic E-state index is 0. The van der Waals surface area contributed by atoms with Crippen LogP contribution in [0.25, 0.3) is 0 Å². The number of amides is 2. The Kier molecular flexibility index (Phi) is 9.29. The van der Waals surface area contributed by atoms with Gasteiger partial charge in [0, 0.05) is 30.6 Å². The quantitative estimate of drug-likeness (QED) is 0.639. The summed E-state index contributed by atoms with van der Waals surface area (Å²) in [6.45, 7) is 0.272. The van der Waals surface area contributed by atoms with Crippen molar-refractivity contribution in [1.29, 1.82) is 0 Å². The van der Waals surface area contributed by atoms with Crippen molar-refractivity contribution < 1.29 is 19.1 Å². The maximum absolute atomic E-state index is 12.3. The Morgan fingerprint density at radius 3 is 2.04 bits per heavy atom. The van der Waals surface area contributed by atoms with E-state index in [4.69, 9.17) is 15.2 Å². The van der Waals surface area contributed by atoms with Gasteiger partial charge in [-0.25, -0.2) is 0 Å². The van der Waals surface area contributed by atoms with Gasteiger partial charge in [0.15, 0.2) is 0 Å². The molecular weight excluding hydrogens is 370 g/mol. The van der Waals surface area contributed by atoms with Crippen molar-refractivity contribution in [3.05, 3.63) is 54.1 Å². The molecule has 0 heterocycles. The van der Waals surface area contributed by atoms with Crippen molar-refractivity contribution in [3.8, 4) is 5.75 Å². The number of methoxy groups -OCH3 is 2. The molecule has 0 radical (unpaired) electrons. The van der Waals surface area contributed by atoms with Crippen LogP contribution in [0.3, 0.4) is 0 Å². The smallest absolute Gasteiger partial charge is 0.255 e. The lowest BCUT2D eigenvalue weighted by Gasteiger charge is -2.12. The Morgan fingerprint density at radius 1 is 0.963 bits per heavy atom. The van der Waals surface area contributed by atoms with E-state index in [2.05, 4.69) is 10.6 Å². The molecule has 4 N–H and O–H groups in total. The first-order valence-corrected chi connectivity index (χ1v) is 8.14. The first kappa shape index (κ1) is 22.4. The second-order valence-corrected chi connectivity index (χ2v) is 5.61. The van der Waals surface area contributed by atoms with Gasteiger partial charge in [0.25, 0.3) is 5.91 Å². The highest BCUT2D eigenvalue weighted by Gasteiger charge is 2.12. The number of ether oxygens (including phenoxy) is 2. The lowest BCUT2D eigenvalue weighted by molar-refractivity contribution is -0.118. The average Bonchev–Trinajstić information content (AvgIpc) is 2.67. The summed E-state index contributed by atoms with van der Waals surface area (Å²) >= 11 is 0. The normalized spacial score (nSPS) is 11.1. The summed E-state index contributed by atoms with van der Waals surface area (Å²) < 4.78 is 10.2. The largest absolute Gasteiger partial charge is 0.497 e. The summed E-state index contributed by atoms with van der Waals surface area (Å²) in [5.41, 5.74) is 7.25. The van der Waals surface area contributed by atoms with Crippen molar-refractivity contribution in [2.24, 2.45) is 5.73 Å². The number of hydrogen-bond donors (Lipinski definition) is 3. The number of carbonyl (C=O) groups excluding carboxylic acids is 2. The molecule has 0 aromatic heterocycles. The van der Waals surface area contributed by atoms with Gasteiger partial charge in [-0.05, 0) is 48.5 Å². The van der Waals surface area contributed by atoms with E-state index in [1.807, 2.05) is 0 Å². The molecule has 146 valence electrons. The SMILES string of the molecule is COc1ccc(NC(=O)c2ccc(NC(=O)CC(CN)OC)cc2)cc1.Cl. The minimum atomic E-state index is -0.315. The summed E-state index contributed by atoms with van der Waals surface area (Å²) in [6, 6.07) is 13.7. The third kappa shape index (κ3) is 6.90. The zero-order valence-electron chi connectivity index (χ0n) is 15.2. The van der Waals surface area contributed by atoms with Crippen LogP contribution >= 0.6 is 12.4 Å². The van der Waals surface area contributed by atoms with Crippen molar-refractivity contribution >= 4 is 35.6 Å². The third-order valence-corrected chi connectivity index (χ3v) is 3.79. The highest BCUT2D eigenvalue weighted by atomic mass is 35.5. The number of rotatable bonds is 8. The van der Waals surface area contributed by atoms with Gasteiger partial charge in [0.1, 0.15) is 5.75 Å². The number of benzene rings is 2. The molecule has 0 aliphatic carbocycles. The van der Waals surface area contributed by atoms with Crippen LogP contribution in [0, 0.1) is 0 Å². The number of nitrogens with two attached hydrogens (primary N) is 1. The maximum atomic E-state index is 12.3. The van der Waals surface area contributed by atoms with Gasteiger partial charge in [-0.2, -0.15) is 0 Å². The Morgan fingerprint density at radius 2 is 1.52 bits per heavy atom. The van der Waals surface area contributed by atoms with Crippen LogP contribution in [0.15, 0.2) is 48.5 Å². The van der Waals surface area contributed by atoms with Crippen molar-refractivity contribution in [2.45, 2.75) is 12.5 Å². The third-order valence-electron chi connectivity index (χ3n) is 3.79. The molecule has 0 aliphatic rings. The zero-order valence-corrected chi connectivity index (χ0v) is 16.0. The van der Waals surface area contributed by atoms with E-state index in [-0.39, 0.29) is 43.3 Å². The standard InChI is InChI=1S/C19H23N3O4.ClH/c1-25-16-9-7-15(8-10-16)22-19(24)13-3-5-14(6-4-13)21-18(23)11-17(12-20)26-2;/h3-10,17H,11-12,20H2,1-2H3,(H,21,23)(H,22,24);1H. The summed E-state index contributed by atoms with van der Waals surface area (Å²) in [7, 11) is 3.10. The number of carbonyl (C=O) groups is 2. The molecule has 0 saturated heterocycles. The molecule has 2 rings (SSSR count). The molecule has 0 spiro atoms. The monoisotopic (exact) mass is 393 g/mol. The molecule has 1 atom stereocenters. The summed E-state index contributed by atoms with van der Waals surface area (Å²) in [5, 5.41) is 5.55. The van der Waals surface area contributed by atoms with Gasteiger partial charge >= 0.3 is 0 Å². The summed E-state index contributed by atoms with van der Waals surface area (Å²) in [4.78, 5) is 24.2. The minimum Gasteiger partial charge on any atom is -0.497 e. The summed E-state index contributed by atoms with van der Waals surface area (Å²) in [5.74, 6) is 0.279. The van der Waals surface area contributed by atoms with Gasteiger partial charge < -0.3 is 25.8 Å². The highest BCUT2D eigenvalue weighted by Crippen LogP contribution is 2.17. The fourth-order valence-electron chi connectivity index (χ4n) is 2.26. The maximum Gasteiger partial charge on any atom is 0.255 e. The number of nitrogens with one attached hydrogen (secondary N) is 2. The van der Waals surface area contributed by atoms with Crippen LogP contribution in [-0.2, 0) is 9.53 Å². The Labute approximate surface area is 164 Å². The fraction of sp³-hybridized carbons (Fsp3) is 0.263. The molecule has 0 aliphatic heterocycles. The average molecular weight is 394 g/mol. The van der Waals surface area contributed by atoms with Crippen LogP contribution in [0.2, 0.25) is 0 Å². The van der Waals surface area contributed by atoms with E-state index in [1.54, 1.807) is 55.6 Å². The van der Waals surface area contributed by atoms with E-state index in [0.29, 0.717) is 22.7 Å². The van der Waals surface area contributed by atoms with Gasteiger partial charge in [-0.15, -0.1) is 12.4 Å². The second kappa shape index (κ2) is 11.2. The van der Waals surface area contributed by atoms with Gasteiger partial charge in [-0.1, -0.05) is 0 Å². The Hall–Kier alpha value is -2.61. The number of hydrogen-bond acceptors (Lipinski definition) is 5. The Bertz CT molecular complexity index is 732. The lowest BCUT2D eigenvalue weighted by atomic mass is 10.1. The van der Waals surface area contributed by atoms with Crippen molar-refractivity contribution in [2.75, 3.05) is 31.4 Å². The highest BCUT2D eigenvalue weighted by molar-refractivity contribution is 6.04. The predicted octanol–water partition coefficient (Wildman–Crippen LogP) is 2.67. The topological polar surface area (TPSA) is 103 Å². The van der Waals surface area contributed by atoms with Crippen molar-refractivity contribution in [3.63, 3.8) is 0 Å². The van der Waals surface area contributed by atoms with Gasteiger partial charge in [0.2, 0.25) is 5.91 Å². The molecule has 27 heavy (non-hydrogen) atoms. The van der Waals surface area contributed by atoms with E-state index in [1.165, 1.54) is 7.11 Å². The van der Waals surface area contributed by atoms with E-state index < -0.39 is 0 Å². The molecule has 2 amide bonds. The van der Waals surface area contributed by atoms with Crippen LogP contribution in [0.4, 0.5) is 11.4 Å². The molecule has 0 bridgehead atoms. The molecule has 7 nitrogen and oxygen atoms in total. The number of anilines is 2. The molecule has 0 fully saturated rings. The van der Waals surface area contributed by atoms with E-state index in [9.17, 15) is 9.59 Å². The van der Waals surface area contributed by atoms with Gasteiger partial charge in [-0.3, -0.25) is 9.59 Å². The zero-order chi connectivity index (χ0) is 18.9. The Balaban J connectivity index is 0.00000364. The predicted molar refractivity (Wildman–Crippen MR) is 108 cm³/mol. The van der Waals surface area contributed by atoms with Crippen LogP contribution in [0.1, 0.15) is 16.8 Å². The van der Waals surface area contributed by atoms with Crippen LogP contribution in [-0.4, -0.2) is 38.7 Å². The molecule has 2 aromatic carbocycles. The molecule has 2 aromatic rings. The first-order valence-electron chi connectivity index (χ1n) is 8.14. The molecule has 1 unspecified atom stereocenters. The second-order valence-electron chi connectivity index (χ2n) is 5.61. The number of halogens is 1. The summed E-state index contributed by atoms with van der Waals surface area (Å²) in [6.07, 6.45) is -0.142. The fourth-order valence-corrected chi connectivity index (χ4v) is 2.26. The molecular formula is C19H24ClN3O4. The van der Waals surface area contributed by atoms with E-state index in [0.717, 1.165) is 0 Å². The van der Waals surface area contributed by atoms with Crippen LogP contribution < -0.4 is 21.1 Å². The lowest BCUT2D eigenvalue weighted by Crippen LogP contribution is -2.28.